The molecule has 2 aromatic carbocycles. The van der Waals surface area contributed by atoms with Gasteiger partial charge in [0.25, 0.3) is 0 Å². The van der Waals surface area contributed by atoms with E-state index in [1.165, 1.54) is 0 Å². The summed E-state index contributed by atoms with van der Waals surface area (Å²) in [5.74, 6) is 0. The zero-order chi connectivity index (χ0) is 15.2. The maximum atomic E-state index is 10.9. The maximum absolute atomic E-state index is 10.9. The third-order valence-corrected chi connectivity index (χ3v) is 3.56. The molecular formula is C18H18N2O. The lowest BCUT2D eigenvalue weighted by Gasteiger charge is -2.28. The minimum atomic E-state index is -0.244. The smallest absolute Gasteiger partial charge is 0.150 e. The average molecular weight is 278 g/mol. The number of rotatable bonds is 5. The van der Waals surface area contributed by atoms with Gasteiger partial charge in [0.05, 0.1) is 6.07 Å². The molecule has 2 aromatic rings. The highest BCUT2D eigenvalue weighted by Gasteiger charge is 2.15. The molecule has 0 bridgehead atoms. The van der Waals surface area contributed by atoms with Crippen molar-refractivity contribution in [3.05, 3.63) is 65.2 Å². The maximum Gasteiger partial charge on any atom is 0.150 e. The quantitative estimate of drug-likeness (QED) is 0.783. The number of nitriles is 1. The van der Waals surface area contributed by atoms with E-state index in [9.17, 15) is 10.1 Å². The second-order valence-electron chi connectivity index (χ2n) is 5.08. The van der Waals surface area contributed by atoms with Crippen LogP contribution in [0.25, 0.3) is 0 Å². The molecule has 3 heteroatoms. The summed E-state index contributed by atoms with van der Waals surface area (Å²) in [5.41, 5.74) is 3.71. The second kappa shape index (κ2) is 6.71. The van der Waals surface area contributed by atoms with Crippen molar-refractivity contribution in [2.24, 2.45) is 0 Å². The molecule has 0 N–H and O–H groups in total. The summed E-state index contributed by atoms with van der Waals surface area (Å²) in [6, 6.07) is 17.8. The standard InChI is InChI=1S/C18H18N2O/c1-14-10-18(9-8-17(14)13-21)20(15(2)11-19)12-16-6-4-3-5-7-16/h3-10,13,15H,12H2,1-2H3. The van der Waals surface area contributed by atoms with Gasteiger partial charge >= 0.3 is 0 Å². The zero-order valence-corrected chi connectivity index (χ0v) is 12.3. The molecule has 0 saturated carbocycles. The first-order chi connectivity index (χ1) is 10.2. The predicted molar refractivity (Wildman–Crippen MR) is 84.3 cm³/mol. The van der Waals surface area contributed by atoms with E-state index < -0.39 is 0 Å². The molecule has 0 radical (unpaired) electrons. The first kappa shape index (κ1) is 14.8. The van der Waals surface area contributed by atoms with Gasteiger partial charge in [0.1, 0.15) is 12.3 Å². The van der Waals surface area contributed by atoms with Crippen LogP contribution in [0.4, 0.5) is 5.69 Å². The second-order valence-corrected chi connectivity index (χ2v) is 5.08. The number of benzene rings is 2. The van der Waals surface area contributed by atoms with Crippen molar-refractivity contribution >= 4 is 12.0 Å². The van der Waals surface area contributed by atoms with E-state index in [2.05, 4.69) is 6.07 Å². The lowest BCUT2D eigenvalue weighted by Crippen LogP contribution is -2.31. The molecule has 0 aromatic heterocycles. The van der Waals surface area contributed by atoms with Gasteiger partial charge in [-0.2, -0.15) is 5.26 Å². The Kier molecular flexibility index (Phi) is 4.73. The van der Waals surface area contributed by atoms with Gasteiger partial charge in [0, 0.05) is 17.8 Å². The Labute approximate surface area is 125 Å². The Morgan fingerprint density at radius 1 is 1.24 bits per heavy atom. The Balaban J connectivity index is 2.34. The predicted octanol–water partition coefficient (Wildman–Crippen LogP) is 3.73. The highest BCUT2D eigenvalue weighted by Crippen LogP contribution is 2.22. The molecular weight excluding hydrogens is 260 g/mol. The van der Waals surface area contributed by atoms with E-state index in [4.69, 9.17) is 0 Å². The number of aldehydes is 1. The SMILES string of the molecule is Cc1cc(N(Cc2ccccc2)C(C)C#N)ccc1C=O. The third kappa shape index (κ3) is 3.49. The molecule has 2 rings (SSSR count). The highest BCUT2D eigenvalue weighted by molar-refractivity contribution is 5.78. The normalized spacial score (nSPS) is 11.5. The number of anilines is 1. The van der Waals surface area contributed by atoms with E-state index in [0.29, 0.717) is 12.1 Å². The van der Waals surface area contributed by atoms with Gasteiger partial charge in [-0.25, -0.2) is 0 Å². The van der Waals surface area contributed by atoms with Gasteiger partial charge in [0.15, 0.2) is 0 Å². The fraction of sp³-hybridized carbons (Fsp3) is 0.222. The number of nitrogens with zero attached hydrogens (tertiary/aromatic N) is 2. The van der Waals surface area contributed by atoms with Crippen molar-refractivity contribution in [3.63, 3.8) is 0 Å². The van der Waals surface area contributed by atoms with E-state index >= 15 is 0 Å². The fourth-order valence-corrected chi connectivity index (χ4v) is 2.27. The van der Waals surface area contributed by atoms with Crippen molar-refractivity contribution in [2.75, 3.05) is 4.90 Å². The molecule has 1 atom stereocenters. The first-order valence-corrected chi connectivity index (χ1v) is 6.91. The minimum Gasteiger partial charge on any atom is -0.351 e. The van der Waals surface area contributed by atoms with Crippen LogP contribution in [0.5, 0.6) is 0 Å². The Bertz CT molecular complexity index is 659. The van der Waals surface area contributed by atoms with Gasteiger partial charge in [-0.1, -0.05) is 30.3 Å². The number of hydrogen-bond acceptors (Lipinski definition) is 3. The van der Waals surface area contributed by atoms with Crippen LogP contribution < -0.4 is 4.90 Å². The van der Waals surface area contributed by atoms with Crippen molar-refractivity contribution in [1.29, 1.82) is 5.26 Å². The zero-order valence-electron chi connectivity index (χ0n) is 12.3. The fourth-order valence-electron chi connectivity index (χ4n) is 2.27. The van der Waals surface area contributed by atoms with Crippen LogP contribution in [0.2, 0.25) is 0 Å². The minimum absolute atomic E-state index is 0.244. The number of carbonyl (C=O) groups excluding carboxylic acids is 1. The third-order valence-electron chi connectivity index (χ3n) is 3.56. The van der Waals surface area contributed by atoms with Crippen LogP contribution in [0.3, 0.4) is 0 Å². The molecule has 0 saturated heterocycles. The summed E-state index contributed by atoms with van der Waals surface area (Å²) in [4.78, 5) is 13.0. The summed E-state index contributed by atoms with van der Waals surface area (Å²) in [5, 5.41) is 9.27. The molecule has 1 unspecified atom stereocenters. The summed E-state index contributed by atoms with van der Waals surface area (Å²) < 4.78 is 0. The van der Waals surface area contributed by atoms with Crippen LogP contribution in [0, 0.1) is 18.3 Å². The number of hydrogen-bond donors (Lipinski definition) is 0. The monoisotopic (exact) mass is 278 g/mol. The topological polar surface area (TPSA) is 44.1 Å². The van der Waals surface area contributed by atoms with Gasteiger partial charge in [-0.3, -0.25) is 4.79 Å². The molecule has 21 heavy (non-hydrogen) atoms. The van der Waals surface area contributed by atoms with E-state index in [1.54, 1.807) is 6.07 Å². The first-order valence-electron chi connectivity index (χ1n) is 6.91. The molecule has 0 fully saturated rings. The van der Waals surface area contributed by atoms with Crippen LogP contribution in [-0.4, -0.2) is 12.3 Å². The molecule has 0 amide bonds. The van der Waals surface area contributed by atoms with Gasteiger partial charge < -0.3 is 4.90 Å². The molecule has 0 aliphatic carbocycles. The van der Waals surface area contributed by atoms with Gasteiger partial charge in [-0.15, -0.1) is 0 Å². The van der Waals surface area contributed by atoms with Crippen molar-refractivity contribution in [1.82, 2.24) is 0 Å². The molecule has 0 heterocycles. The molecule has 0 aliphatic rings. The van der Waals surface area contributed by atoms with E-state index in [1.807, 2.05) is 61.2 Å². The Morgan fingerprint density at radius 2 is 1.95 bits per heavy atom. The van der Waals surface area contributed by atoms with Crippen LogP contribution in [0.15, 0.2) is 48.5 Å². The number of aryl methyl sites for hydroxylation is 1. The lowest BCUT2D eigenvalue weighted by molar-refractivity contribution is 0.112. The highest BCUT2D eigenvalue weighted by atomic mass is 16.1. The molecule has 106 valence electrons. The van der Waals surface area contributed by atoms with Gasteiger partial charge in [0.2, 0.25) is 0 Å². The van der Waals surface area contributed by atoms with E-state index in [0.717, 1.165) is 23.1 Å². The van der Waals surface area contributed by atoms with Gasteiger partial charge in [-0.05, 0) is 43.2 Å². The number of carbonyl (C=O) groups is 1. The van der Waals surface area contributed by atoms with Crippen molar-refractivity contribution in [2.45, 2.75) is 26.4 Å². The van der Waals surface area contributed by atoms with Crippen LogP contribution in [-0.2, 0) is 6.54 Å². The average Bonchev–Trinajstić information content (AvgIpc) is 2.53. The van der Waals surface area contributed by atoms with Crippen molar-refractivity contribution < 1.29 is 4.79 Å². The van der Waals surface area contributed by atoms with Crippen molar-refractivity contribution in [3.8, 4) is 6.07 Å². The Hall–Kier alpha value is -2.60. The largest absolute Gasteiger partial charge is 0.351 e. The summed E-state index contributed by atoms with van der Waals surface area (Å²) >= 11 is 0. The summed E-state index contributed by atoms with van der Waals surface area (Å²) in [6.45, 7) is 4.45. The van der Waals surface area contributed by atoms with Crippen LogP contribution >= 0.6 is 0 Å². The Morgan fingerprint density at radius 3 is 2.52 bits per heavy atom. The van der Waals surface area contributed by atoms with Crippen LogP contribution in [0.1, 0.15) is 28.4 Å². The summed E-state index contributed by atoms with van der Waals surface area (Å²) in [6.07, 6.45) is 0.856. The molecule has 0 spiro atoms. The molecule has 3 nitrogen and oxygen atoms in total. The lowest BCUT2D eigenvalue weighted by atomic mass is 10.1. The van der Waals surface area contributed by atoms with E-state index in [-0.39, 0.29) is 6.04 Å². The summed E-state index contributed by atoms with van der Waals surface area (Å²) in [7, 11) is 0. The molecule has 0 aliphatic heterocycles.